The van der Waals surface area contributed by atoms with Crippen molar-refractivity contribution in [3.8, 4) is 5.88 Å². The molecule has 1 aromatic heterocycles. The number of nitrogens with one attached hydrogen (secondary N) is 1. The molecule has 0 spiro atoms. The van der Waals surface area contributed by atoms with Crippen LogP contribution in [0.25, 0.3) is 10.9 Å². The van der Waals surface area contributed by atoms with Crippen molar-refractivity contribution in [3.05, 3.63) is 95.6 Å². The number of sulfonamides is 1. The predicted molar refractivity (Wildman–Crippen MR) is 128 cm³/mol. The molecule has 8 heteroatoms. The summed E-state index contributed by atoms with van der Waals surface area (Å²) in [6.45, 7) is 0.356. The van der Waals surface area contributed by atoms with Gasteiger partial charge in [0.1, 0.15) is 0 Å². The Hall–Kier alpha value is -3.75. The molecule has 0 atom stereocenters. The zero-order valence-electron chi connectivity index (χ0n) is 18.1. The van der Waals surface area contributed by atoms with Gasteiger partial charge in [-0.3, -0.25) is 9.59 Å². The maximum atomic E-state index is 13.4. The number of carbonyl (C=O) groups is 2. The molecule has 3 aromatic carbocycles. The lowest BCUT2D eigenvalue weighted by Crippen LogP contribution is -2.25. The van der Waals surface area contributed by atoms with E-state index in [2.05, 4.69) is 4.72 Å². The molecular weight excluding hydrogens is 452 g/mol. The van der Waals surface area contributed by atoms with E-state index in [0.29, 0.717) is 23.6 Å². The van der Waals surface area contributed by atoms with Crippen molar-refractivity contribution in [1.82, 2.24) is 9.29 Å². The Morgan fingerprint density at radius 3 is 2.15 bits per heavy atom. The summed E-state index contributed by atoms with van der Waals surface area (Å²) in [7, 11) is -3.83. The van der Waals surface area contributed by atoms with E-state index < -0.39 is 27.6 Å². The molecule has 1 fully saturated rings. The highest BCUT2D eigenvalue weighted by atomic mass is 32.2. The van der Waals surface area contributed by atoms with E-state index in [-0.39, 0.29) is 21.4 Å². The lowest BCUT2D eigenvalue weighted by atomic mass is 10.0. The van der Waals surface area contributed by atoms with Crippen molar-refractivity contribution >= 4 is 32.6 Å². The Labute approximate surface area is 196 Å². The van der Waals surface area contributed by atoms with Crippen LogP contribution in [0.2, 0.25) is 0 Å². The predicted octanol–water partition coefficient (Wildman–Crippen LogP) is 3.95. The molecule has 0 radical (unpaired) electrons. The lowest BCUT2D eigenvalue weighted by molar-refractivity contribution is 0.0956. The van der Waals surface area contributed by atoms with Crippen molar-refractivity contribution in [2.45, 2.75) is 17.7 Å². The van der Waals surface area contributed by atoms with Gasteiger partial charge in [0.25, 0.3) is 5.91 Å². The van der Waals surface area contributed by atoms with Gasteiger partial charge in [0.15, 0.2) is 5.78 Å². The van der Waals surface area contributed by atoms with E-state index in [1.54, 1.807) is 60.7 Å². The van der Waals surface area contributed by atoms with Gasteiger partial charge in [0.2, 0.25) is 15.9 Å². The van der Waals surface area contributed by atoms with Gasteiger partial charge in [0.05, 0.1) is 16.0 Å². The van der Waals surface area contributed by atoms with E-state index in [4.69, 9.17) is 0 Å². The van der Waals surface area contributed by atoms with Crippen LogP contribution in [0.5, 0.6) is 5.88 Å². The average molecular weight is 475 g/mol. The number of nitrogens with zero attached hydrogens (tertiary/aromatic N) is 1. The number of carbonyl (C=O) groups excluding carboxylic acids is 2. The largest absolute Gasteiger partial charge is 0.494 e. The van der Waals surface area contributed by atoms with Gasteiger partial charge in [-0.15, -0.1) is 0 Å². The van der Waals surface area contributed by atoms with Crippen LogP contribution in [0.3, 0.4) is 0 Å². The van der Waals surface area contributed by atoms with Crippen LogP contribution >= 0.6 is 0 Å². The first kappa shape index (κ1) is 22.1. The average Bonchev–Trinajstić information content (AvgIpc) is 3.65. The summed E-state index contributed by atoms with van der Waals surface area (Å²) in [5.74, 6) is -1.22. The van der Waals surface area contributed by atoms with Crippen molar-refractivity contribution in [3.63, 3.8) is 0 Å². The molecule has 34 heavy (non-hydrogen) atoms. The highest BCUT2D eigenvalue weighted by molar-refractivity contribution is 7.89. The van der Waals surface area contributed by atoms with Crippen molar-refractivity contribution < 1.29 is 23.1 Å². The van der Waals surface area contributed by atoms with E-state index in [1.165, 1.54) is 18.2 Å². The van der Waals surface area contributed by atoms with Crippen LogP contribution in [-0.2, 0) is 10.0 Å². The van der Waals surface area contributed by atoms with Gasteiger partial charge in [0, 0.05) is 23.1 Å². The normalized spacial score (nSPS) is 13.8. The second-order valence-corrected chi connectivity index (χ2v) is 10.1. The van der Waals surface area contributed by atoms with Gasteiger partial charge in [-0.2, -0.15) is 0 Å². The molecule has 0 amide bonds. The fraction of sp³-hybridized carbons (Fsp3) is 0.154. The fourth-order valence-corrected chi connectivity index (χ4v) is 5.07. The minimum atomic E-state index is -3.83. The maximum absolute atomic E-state index is 13.4. The van der Waals surface area contributed by atoms with Gasteiger partial charge in [-0.05, 0) is 49.1 Å². The number of aromatic nitrogens is 1. The second kappa shape index (κ2) is 8.55. The van der Waals surface area contributed by atoms with Gasteiger partial charge >= 0.3 is 0 Å². The van der Waals surface area contributed by atoms with E-state index in [9.17, 15) is 23.1 Å². The topological polar surface area (TPSA) is 105 Å². The Balaban J connectivity index is 1.69. The summed E-state index contributed by atoms with van der Waals surface area (Å²) in [5, 5.41) is 11.3. The third kappa shape index (κ3) is 4.02. The summed E-state index contributed by atoms with van der Waals surface area (Å²) in [6.07, 6.45) is 1.99. The number of ketones is 1. The summed E-state index contributed by atoms with van der Waals surface area (Å²) in [6, 6.07) is 20.9. The molecule has 7 nitrogen and oxygen atoms in total. The third-order valence-electron chi connectivity index (χ3n) is 5.97. The first-order valence-corrected chi connectivity index (χ1v) is 12.4. The summed E-state index contributed by atoms with van der Waals surface area (Å²) in [5.41, 5.74) is 0.747. The number of aromatic hydroxyl groups is 1. The van der Waals surface area contributed by atoms with E-state index in [1.807, 2.05) is 0 Å². The zero-order chi connectivity index (χ0) is 23.9. The fourth-order valence-electron chi connectivity index (χ4n) is 3.93. The molecule has 1 saturated carbocycles. The molecule has 1 aliphatic carbocycles. The minimum Gasteiger partial charge on any atom is -0.494 e. The number of benzene rings is 3. The number of hydrogen-bond donors (Lipinski definition) is 2. The van der Waals surface area contributed by atoms with Crippen molar-refractivity contribution in [2.75, 3.05) is 6.54 Å². The highest BCUT2D eigenvalue weighted by Gasteiger charge is 2.29. The number of fused-ring (bicyclic) bond motifs is 1. The maximum Gasteiger partial charge on any atom is 0.265 e. The monoisotopic (exact) mass is 474 g/mol. The van der Waals surface area contributed by atoms with E-state index >= 15 is 0 Å². The quantitative estimate of drug-likeness (QED) is 0.395. The molecule has 1 aliphatic rings. The first-order chi connectivity index (χ1) is 16.4. The summed E-state index contributed by atoms with van der Waals surface area (Å²) < 4.78 is 29.4. The van der Waals surface area contributed by atoms with Crippen molar-refractivity contribution in [2.24, 2.45) is 5.92 Å². The standard InChI is InChI=1S/C26H22N2O5S/c29-24(18-7-3-1-4-8-18)23-21-15-20(34(32,33)27-16-17-11-12-17)13-14-22(21)28(26(23)31)25(30)19-9-5-2-6-10-19/h1-10,13-15,17,27,31H,11-12,16H2. The molecule has 1 heterocycles. The van der Waals surface area contributed by atoms with Crippen LogP contribution in [-0.4, -0.2) is 36.3 Å². The Morgan fingerprint density at radius 1 is 0.912 bits per heavy atom. The molecule has 2 N–H and O–H groups in total. The summed E-state index contributed by atoms with van der Waals surface area (Å²) >= 11 is 0. The van der Waals surface area contributed by atoms with Crippen LogP contribution in [0.1, 0.15) is 39.1 Å². The van der Waals surface area contributed by atoms with E-state index in [0.717, 1.165) is 17.4 Å². The number of rotatable bonds is 7. The summed E-state index contributed by atoms with van der Waals surface area (Å²) in [4.78, 5) is 26.6. The first-order valence-electron chi connectivity index (χ1n) is 10.9. The molecule has 0 unspecified atom stereocenters. The highest BCUT2D eigenvalue weighted by Crippen LogP contribution is 2.35. The minimum absolute atomic E-state index is 0.0351. The number of hydrogen-bond acceptors (Lipinski definition) is 5. The molecular formula is C26H22N2O5S. The van der Waals surface area contributed by atoms with Crippen LogP contribution in [0.15, 0.2) is 83.8 Å². The zero-order valence-corrected chi connectivity index (χ0v) is 19.0. The van der Waals surface area contributed by atoms with Gasteiger partial charge < -0.3 is 5.11 Å². The van der Waals surface area contributed by atoms with Crippen molar-refractivity contribution in [1.29, 1.82) is 0 Å². The Bertz CT molecular complexity index is 1510. The molecule has 172 valence electrons. The smallest absolute Gasteiger partial charge is 0.265 e. The molecule has 5 rings (SSSR count). The lowest BCUT2D eigenvalue weighted by Gasteiger charge is -2.08. The van der Waals surface area contributed by atoms with Crippen LogP contribution in [0, 0.1) is 5.92 Å². The molecule has 0 bridgehead atoms. The second-order valence-electron chi connectivity index (χ2n) is 8.37. The van der Waals surface area contributed by atoms with Gasteiger partial charge in [-0.1, -0.05) is 48.5 Å². The van der Waals surface area contributed by atoms with Gasteiger partial charge in [-0.25, -0.2) is 17.7 Å². The molecule has 0 saturated heterocycles. The third-order valence-corrected chi connectivity index (χ3v) is 7.39. The van der Waals surface area contributed by atoms with Crippen LogP contribution in [0.4, 0.5) is 0 Å². The Morgan fingerprint density at radius 2 is 1.53 bits per heavy atom. The molecule has 4 aromatic rings. The van der Waals surface area contributed by atoms with Crippen LogP contribution < -0.4 is 4.72 Å². The molecule has 0 aliphatic heterocycles. The Kier molecular flexibility index (Phi) is 5.55. The SMILES string of the molecule is O=C(c1ccccc1)c1c(O)n(C(=O)c2ccccc2)c2ccc(S(=O)(=O)NCC3CC3)cc12.